The normalized spacial score (nSPS) is 12.8. The molecule has 0 fully saturated rings. The smallest absolute Gasteiger partial charge is 0.408 e. The number of anilines is 1. The van der Waals surface area contributed by atoms with Gasteiger partial charge in [-0.25, -0.2) is 4.79 Å². The second kappa shape index (κ2) is 16.5. The van der Waals surface area contributed by atoms with Crippen LogP contribution in [0.25, 0.3) is 10.8 Å². The molecule has 2 atom stereocenters. The number of rotatable bonds is 14. The summed E-state index contributed by atoms with van der Waals surface area (Å²) in [5.41, 5.74) is 2.51. The van der Waals surface area contributed by atoms with Crippen LogP contribution in [0.2, 0.25) is 0 Å². The molecular weight excluding hydrogens is 570 g/mol. The monoisotopic (exact) mass is 619 g/mol. The van der Waals surface area contributed by atoms with Crippen molar-refractivity contribution in [3.63, 3.8) is 0 Å². The highest BCUT2D eigenvalue weighted by molar-refractivity contribution is 7.80. The van der Waals surface area contributed by atoms with Crippen LogP contribution in [-0.4, -0.2) is 46.7 Å². The molecule has 238 valence electrons. The average Bonchev–Trinajstić information content (AvgIpc) is 2.96. The van der Waals surface area contributed by atoms with Crippen LogP contribution in [0.1, 0.15) is 89.0 Å². The minimum Gasteiger partial charge on any atom is -0.444 e. The van der Waals surface area contributed by atoms with Gasteiger partial charge in [-0.05, 0) is 80.6 Å². The Balaban J connectivity index is 2.02. The van der Waals surface area contributed by atoms with Crippen molar-refractivity contribution in [3.8, 4) is 0 Å². The molecule has 0 saturated carbocycles. The molecule has 2 N–H and O–H groups in total. The molecule has 44 heavy (non-hydrogen) atoms. The van der Waals surface area contributed by atoms with Crippen molar-refractivity contribution < 1.29 is 19.1 Å². The van der Waals surface area contributed by atoms with E-state index in [9.17, 15) is 14.4 Å². The fourth-order valence-corrected chi connectivity index (χ4v) is 5.68. The van der Waals surface area contributed by atoms with Crippen molar-refractivity contribution in [1.82, 2.24) is 10.2 Å². The zero-order valence-corrected chi connectivity index (χ0v) is 28.0. The standard InChI is InChI=1S/C36H49N3O4S/c1-7-8-9-10-11-14-22-39(34(41)30(24-44)38-35(42)43-36(4,5)6)32(31-25(2)16-15-17-26(31)3)33(40)37-29-21-20-27-18-12-13-19-28(27)23-29/h12-13,15-21,23,30,32,44H,7-11,14,22,24H2,1-6H3,(H,37,40)(H,38,42). The summed E-state index contributed by atoms with van der Waals surface area (Å²) >= 11 is 4.43. The minimum atomic E-state index is -0.978. The van der Waals surface area contributed by atoms with Gasteiger partial charge in [-0.2, -0.15) is 12.6 Å². The number of nitrogens with one attached hydrogen (secondary N) is 2. The van der Waals surface area contributed by atoms with Gasteiger partial charge in [0, 0.05) is 18.0 Å². The lowest BCUT2D eigenvalue weighted by molar-refractivity contribution is -0.140. The van der Waals surface area contributed by atoms with Crippen LogP contribution < -0.4 is 10.6 Å². The molecule has 0 aliphatic rings. The van der Waals surface area contributed by atoms with E-state index >= 15 is 0 Å². The molecule has 3 aromatic rings. The minimum absolute atomic E-state index is 0.0524. The first kappa shape index (κ1) is 35.0. The molecule has 0 radical (unpaired) electrons. The number of fused-ring (bicyclic) bond motifs is 1. The maximum Gasteiger partial charge on any atom is 0.408 e. The predicted octanol–water partition coefficient (Wildman–Crippen LogP) is 8.15. The number of nitrogens with zero attached hydrogens (tertiary/aromatic N) is 1. The Morgan fingerprint density at radius 3 is 2.14 bits per heavy atom. The molecule has 0 spiro atoms. The number of carbonyl (C=O) groups is 3. The van der Waals surface area contributed by atoms with Crippen LogP contribution in [0.5, 0.6) is 0 Å². The van der Waals surface area contributed by atoms with Gasteiger partial charge in [0.15, 0.2) is 0 Å². The van der Waals surface area contributed by atoms with Gasteiger partial charge in [0.05, 0.1) is 0 Å². The van der Waals surface area contributed by atoms with Gasteiger partial charge in [-0.15, -0.1) is 0 Å². The van der Waals surface area contributed by atoms with Crippen LogP contribution >= 0.6 is 12.6 Å². The predicted molar refractivity (Wildman–Crippen MR) is 183 cm³/mol. The Bertz CT molecular complexity index is 1400. The van der Waals surface area contributed by atoms with Crippen molar-refractivity contribution in [2.24, 2.45) is 0 Å². The lowest BCUT2D eigenvalue weighted by atomic mass is 9.93. The fourth-order valence-electron chi connectivity index (χ4n) is 5.43. The molecule has 3 aromatic carbocycles. The molecule has 0 aliphatic carbocycles. The molecule has 2 unspecified atom stereocenters. The largest absolute Gasteiger partial charge is 0.444 e. The summed E-state index contributed by atoms with van der Waals surface area (Å²) in [6.07, 6.45) is 5.46. The average molecular weight is 620 g/mol. The van der Waals surface area contributed by atoms with Crippen molar-refractivity contribution in [2.75, 3.05) is 17.6 Å². The van der Waals surface area contributed by atoms with Gasteiger partial charge < -0.3 is 20.3 Å². The van der Waals surface area contributed by atoms with Crippen molar-refractivity contribution in [1.29, 1.82) is 0 Å². The van der Waals surface area contributed by atoms with E-state index in [1.807, 2.05) is 74.5 Å². The van der Waals surface area contributed by atoms with Crippen LogP contribution in [0, 0.1) is 13.8 Å². The Kier molecular flexibility index (Phi) is 13.1. The van der Waals surface area contributed by atoms with Crippen molar-refractivity contribution >= 4 is 47.0 Å². The zero-order chi connectivity index (χ0) is 32.3. The molecular formula is C36H49N3O4S. The van der Waals surface area contributed by atoms with Crippen LogP contribution in [0.15, 0.2) is 60.7 Å². The SMILES string of the molecule is CCCCCCCCN(C(=O)C(CS)NC(=O)OC(C)(C)C)C(C(=O)Nc1ccc2ccccc2c1)c1c(C)cccc1C. The highest BCUT2D eigenvalue weighted by Gasteiger charge is 2.37. The number of aryl methyl sites for hydroxylation is 2. The van der Waals surface area contributed by atoms with E-state index in [0.717, 1.165) is 59.6 Å². The van der Waals surface area contributed by atoms with Crippen molar-refractivity contribution in [2.45, 2.75) is 97.8 Å². The number of unbranched alkanes of at least 4 members (excludes halogenated alkanes) is 5. The van der Waals surface area contributed by atoms with E-state index in [1.165, 1.54) is 6.42 Å². The van der Waals surface area contributed by atoms with Crippen LogP contribution in [0.4, 0.5) is 10.5 Å². The third-order valence-corrected chi connectivity index (χ3v) is 7.97. The summed E-state index contributed by atoms with van der Waals surface area (Å²) in [4.78, 5) is 43.1. The number of thiol groups is 1. The molecule has 0 aromatic heterocycles. The summed E-state index contributed by atoms with van der Waals surface area (Å²) in [6, 6.07) is 17.7. The first-order valence-corrected chi connectivity index (χ1v) is 16.3. The Morgan fingerprint density at radius 1 is 0.864 bits per heavy atom. The molecule has 0 aliphatic heterocycles. The van der Waals surface area contributed by atoms with E-state index in [0.29, 0.717) is 12.2 Å². The topological polar surface area (TPSA) is 87.7 Å². The second-order valence-electron chi connectivity index (χ2n) is 12.4. The number of carbonyl (C=O) groups excluding carboxylic acids is 3. The number of ether oxygens (including phenoxy) is 1. The Morgan fingerprint density at radius 2 is 1.50 bits per heavy atom. The third-order valence-electron chi connectivity index (χ3n) is 7.60. The molecule has 0 bridgehead atoms. The summed E-state index contributed by atoms with van der Waals surface area (Å²) in [6.45, 7) is 11.8. The lowest BCUT2D eigenvalue weighted by Crippen LogP contribution is -2.53. The van der Waals surface area contributed by atoms with Gasteiger partial charge in [-0.3, -0.25) is 9.59 Å². The van der Waals surface area contributed by atoms with E-state index in [-0.39, 0.29) is 17.6 Å². The van der Waals surface area contributed by atoms with Gasteiger partial charge in [0.25, 0.3) is 5.91 Å². The van der Waals surface area contributed by atoms with E-state index in [1.54, 1.807) is 25.7 Å². The number of hydrogen-bond donors (Lipinski definition) is 3. The quantitative estimate of drug-likeness (QED) is 0.126. The first-order chi connectivity index (χ1) is 20.9. The molecule has 7 nitrogen and oxygen atoms in total. The summed E-state index contributed by atoms with van der Waals surface area (Å²) in [5.74, 6) is -0.635. The van der Waals surface area contributed by atoms with Crippen LogP contribution in [0.3, 0.4) is 0 Å². The molecule has 0 saturated heterocycles. The van der Waals surface area contributed by atoms with Gasteiger partial charge >= 0.3 is 6.09 Å². The molecule has 8 heteroatoms. The van der Waals surface area contributed by atoms with Crippen LogP contribution in [-0.2, 0) is 14.3 Å². The third kappa shape index (κ3) is 10.0. The van der Waals surface area contributed by atoms with Gasteiger partial charge in [-0.1, -0.05) is 87.6 Å². The maximum absolute atomic E-state index is 14.4. The lowest BCUT2D eigenvalue weighted by Gasteiger charge is -2.35. The van der Waals surface area contributed by atoms with Gasteiger partial charge in [0.2, 0.25) is 5.91 Å². The summed E-state index contributed by atoms with van der Waals surface area (Å²) in [7, 11) is 0. The van der Waals surface area contributed by atoms with Gasteiger partial charge in [0.1, 0.15) is 17.7 Å². The number of alkyl carbamates (subject to hydrolysis) is 1. The molecule has 0 heterocycles. The Labute approximate surface area is 268 Å². The van der Waals surface area contributed by atoms with E-state index in [4.69, 9.17) is 4.74 Å². The summed E-state index contributed by atoms with van der Waals surface area (Å²) in [5, 5.41) is 7.89. The molecule has 3 rings (SSSR count). The molecule has 3 amide bonds. The summed E-state index contributed by atoms with van der Waals surface area (Å²) < 4.78 is 5.45. The number of amides is 3. The Hall–Kier alpha value is -3.52. The maximum atomic E-state index is 14.4. The van der Waals surface area contributed by atoms with Crippen molar-refractivity contribution in [3.05, 3.63) is 77.4 Å². The number of benzene rings is 3. The fraction of sp³-hybridized carbons (Fsp3) is 0.472. The highest BCUT2D eigenvalue weighted by atomic mass is 32.1. The van der Waals surface area contributed by atoms with E-state index < -0.39 is 23.8 Å². The van der Waals surface area contributed by atoms with E-state index in [2.05, 4.69) is 30.2 Å². The highest BCUT2D eigenvalue weighted by Crippen LogP contribution is 2.31. The zero-order valence-electron chi connectivity index (χ0n) is 27.1. The first-order valence-electron chi connectivity index (χ1n) is 15.7. The second-order valence-corrected chi connectivity index (χ2v) is 12.8. The number of hydrogen-bond acceptors (Lipinski definition) is 5.